The van der Waals surface area contributed by atoms with Crippen molar-refractivity contribution in [3.8, 4) is 0 Å². The third-order valence-electron chi connectivity index (χ3n) is 3.40. The molecule has 110 valence electrons. The minimum absolute atomic E-state index is 0.146. The van der Waals surface area contributed by atoms with Crippen LogP contribution in [0.4, 0.5) is 5.95 Å². The average Bonchev–Trinajstić information content (AvgIpc) is 2.86. The molecule has 0 aromatic carbocycles. The average molecular weight is 279 g/mol. The molecule has 0 spiro atoms. The molecule has 1 aliphatic heterocycles. The molecule has 0 saturated carbocycles. The van der Waals surface area contributed by atoms with Gasteiger partial charge in [-0.3, -0.25) is 0 Å². The fraction of sp³-hybridized carbons (Fsp3) is 0.692. The van der Waals surface area contributed by atoms with Crippen LogP contribution < -0.4 is 5.32 Å². The predicted octanol–water partition coefficient (Wildman–Crippen LogP) is 2.06. The molecular formula is C13H21N5O2. The van der Waals surface area contributed by atoms with Crippen molar-refractivity contribution in [3.05, 3.63) is 11.3 Å². The number of nitrogens with zero attached hydrogens (tertiary/aromatic N) is 4. The highest BCUT2D eigenvalue weighted by Crippen LogP contribution is 2.33. The maximum atomic E-state index is 12.2. The van der Waals surface area contributed by atoms with Crippen LogP contribution in [0.15, 0.2) is 11.3 Å². The molecule has 1 unspecified atom stereocenters. The largest absolute Gasteiger partial charge is 0.463 e. The van der Waals surface area contributed by atoms with Gasteiger partial charge in [-0.2, -0.15) is 0 Å². The summed E-state index contributed by atoms with van der Waals surface area (Å²) in [4.78, 5) is 12.2. The van der Waals surface area contributed by atoms with Crippen molar-refractivity contribution in [1.82, 2.24) is 20.2 Å². The summed E-state index contributed by atoms with van der Waals surface area (Å²) in [6.07, 6.45) is 4.11. The van der Waals surface area contributed by atoms with E-state index in [1.54, 1.807) is 11.6 Å². The standard InChI is InChI=1S/C13H21N5O2/c1-4-6-7-8-10-11(12(19)20-5-2)9(3)14-13-15-16-17-18(10)13/h10H,4-8H2,1-3H3,(H,14,15,17). The summed E-state index contributed by atoms with van der Waals surface area (Å²) in [5, 5.41) is 14.7. The number of allylic oxidation sites excluding steroid dienone is 1. The van der Waals surface area contributed by atoms with E-state index < -0.39 is 0 Å². The Morgan fingerprint density at radius 2 is 2.20 bits per heavy atom. The van der Waals surface area contributed by atoms with Crippen molar-refractivity contribution >= 4 is 11.9 Å². The van der Waals surface area contributed by atoms with Gasteiger partial charge in [0.05, 0.1) is 18.2 Å². The number of esters is 1. The zero-order valence-electron chi connectivity index (χ0n) is 12.2. The third-order valence-corrected chi connectivity index (χ3v) is 3.40. The van der Waals surface area contributed by atoms with E-state index in [1.165, 1.54) is 0 Å². The van der Waals surface area contributed by atoms with Crippen LogP contribution in [0.5, 0.6) is 0 Å². The van der Waals surface area contributed by atoms with Gasteiger partial charge < -0.3 is 10.1 Å². The number of hydrogen-bond donors (Lipinski definition) is 1. The second kappa shape index (κ2) is 6.49. The number of tetrazole rings is 1. The highest BCUT2D eigenvalue weighted by Gasteiger charge is 2.32. The lowest BCUT2D eigenvalue weighted by atomic mass is 9.97. The summed E-state index contributed by atoms with van der Waals surface area (Å²) in [7, 11) is 0. The number of carbonyl (C=O) groups is 1. The first-order valence-corrected chi connectivity index (χ1v) is 7.11. The lowest BCUT2D eigenvalue weighted by Crippen LogP contribution is -2.29. The number of fused-ring (bicyclic) bond motifs is 1. The van der Waals surface area contributed by atoms with Crippen LogP contribution in [0.3, 0.4) is 0 Å². The monoisotopic (exact) mass is 279 g/mol. The molecule has 1 atom stereocenters. The Morgan fingerprint density at radius 3 is 2.90 bits per heavy atom. The lowest BCUT2D eigenvalue weighted by Gasteiger charge is -2.26. The zero-order chi connectivity index (χ0) is 14.5. The van der Waals surface area contributed by atoms with Crippen molar-refractivity contribution in [2.45, 2.75) is 52.5 Å². The Balaban J connectivity index is 2.27. The minimum Gasteiger partial charge on any atom is -0.463 e. The van der Waals surface area contributed by atoms with E-state index in [9.17, 15) is 4.79 Å². The highest BCUT2D eigenvalue weighted by atomic mass is 16.5. The molecule has 1 aliphatic rings. The van der Waals surface area contributed by atoms with Crippen LogP contribution in [0.1, 0.15) is 52.5 Å². The van der Waals surface area contributed by atoms with Gasteiger partial charge in [0, 0.05) is 5.70 Å². The molecule has 0 aliphatic carbocycles. The molecule has 0 bridgehead atoms. The molecule has 0 fully saturated rings. The lowest BCUT2D eigenvalue weighted by molar-refractivity contribution is -0.139. The van der Waals surface area contributed by atoms with Gasteiger partial charge >= 0.3 is 5.97 Å². The first-order chi connectivity index (χ1) is 9.69. The molecular weight excluding hydrogens is 258 g/mol. The second-order valence-corrected chi connectivity index (χ2v) is 4.84. The van der Waals surface area contributed by atoms with Crippen LogP contribution in [-0.2, 0) is 9.53 Å². The quantitative estimate of drug-likeness (QED) is 0.634. The van der Waals surface area contributed by atoms with Gasteiger partial charge in [-0.05, 0) is 30.7 Å². The Morgan fingerprint density at radius 1 is 1.40 bits per heavy atom. The van der Waals surface area contributed by atoms with Crippen molar-refractivity contribution in [3.63, 3.8) is 0 Å². The fourth-order valence-corrected chi connectivity index (χ4v) is 2.45. The van der Waals surface area contributed by atoms with Gasteiger partial charge in [-0.15, -0.1) is 0 Å². The smallest absolute Gasteiger partial charge is 0.337 e. The Hall–Kier alpha value is -1.92. The fourth-order valence-electron chi connectivity index (χ4n) is 2.45. The number of anilines is 1. The van der Waals surface area contributed by atoms with Gasteiger partial charge in [0.25, 0.3) is 0 Å². The molecule has 20 heavy (non-hydrogen) atoms. The summed E-state index contributed by atoms with van der Waals surface area (Å²) in [5.74, 6) is 0.289. The molecule has 1 aromatic rings. The van der Waals surface area contributed by atoms with Gasteiger partial charge in [0.15, 0.2) is 0 Å². The molecule has 7 nitrogen and oxygen atoms in total. The minimum atomic E-state index is -0.292. The van der Waals surface area contributed by atoms with E-state index in [1.807, 2.05) is 6.92 Å². The summed E-state index contributed by atoms with van der Waals surface area (Å²) in [6, 6.07) is -0.146. The summed E-state index contributed by atoms with van der Waals surface area (Å²) in [6.45, 7) is 6.17. The number of carbonyl (C=O) groups excluding carboxylic acids is 1. The SMILES string of the molecule is CCCCCC1C(C(=O)OCC)=C(C)Nc2nnnn21. The van der Waals surface area contributed by atoms with E-state index in [0.29, 0.717) is 18.1 Å². The number of ether oxygens (including phenoxy) is 1. The Labute approximate surface area is 118 Å². The predicted molar refractivity (Wildman–Crippen MR) is 74.0 cm³/mol. The summed E-state index contributed by atoms with van der Waals surface area (Å²) >= 11 is 0. The molecule has 2 rings (SSSR count). The van der Waals surface area contributed by atoms with E-state index in [2.05, 4.69) is 27.8 Å². The topological polar surface area (TPSA) is 81.9 Å². The van der Waals surface area contributed by atoms with Gasteiger partial charge in [-0.1, -0.05) is 31.3 Å². The number of unbranched alkanes of at least 4 members (excludes halogenated alkanes) is 2. The molecule has 2 heterocycles. The van der Waals surface area contributed by atoms with E-state index in [-0.39, 0.29) is 12.0 Å². The van der Waals surface area contributed by atoms with Gasteiger partial charge in [-0.25, -0.2) is 9.48 Å². The Bertz CT molecular complexity index is 509. The molecule has 0 saturated heterocycles. The summed E-state index contributed by atoms with van der Waals surface area (Å²) < 4.78 is 6.84. The first kappa shape index (κ1) is 14.5. The van der Waals surface area contributed by atoms with Crippen molar-refractivity contribution in [1.29, 1.82) is 0 Å². The van der Waals surface area contributed by atoms with Crippen LogP contribution >= 0.6 is 0 Å². The van der Waals surface area contributed by atoms with Crippen LogP contribution in [-0.4, -0.2) is 32.8 Å². The molecule has 1 aromatic heterocycles. The maximum Gasteiger partial charge on any atom is 0.337 e. The number of rotatable bonds is 6. The second-order valence-electron chi connectivity index (χ2n) is 4.84. The highest BCUT2D eigenvalue weighted by molar-refractivity contribution is 5.91. The molecule has 7 heteroatoms. The van der Waals surface area contributed by atoms with E-state index >= 15 is 0 Å². The molecule has 0 amide bonds. The number of nitrogens with one attached hydrogen (secondary N) is 1. The van der Waals surface area contributed by atoms with Crippen molar-refractivity contribution < 1.29 is 9.53 Å². The summed E-state index contributed by atoms with van der Waals surface area (Å²) in [5.41, 5.74) is 1.40. The van der Waals surface area contributed by atoms with Crippen LogP contribution in [0.25, 0.3) is 0 Å². The normalized spacial score (nSPS) is 17.6. The van der Waals surface area contributed by atoms with E-state index in [4.69, 9.17) is 4.74 Å². The third kappa shape index (κ3) is 2.81. The Kier molecular flexibility index (Phi) is 4.70. The molecule has 1 N–H and O–H groups in total. The van der Waals surface area contributed by atoms with Gasteiger partial charge in [0.2, 0.25) is 5.95 Å². The van der Waals surface area contributed by atoms with Crippen LogP contribution in [0.2, 0.25) is 0 Å². The van der Waals surface area contributed by atoms with Crippen LogP contribution in [0, 0.1) is 0 Å². The first-order valence-electron chi connectivity index (χ1n) is 7.11. The van der Waals surface area contributed by atoms with Crippen molar-refractivity contribution in [2.24, 2.45) is 0 Å². The van der Waals surface area contributed by atoms with Crippen molar-refractivity contribution in [2.75, 3.05) is 11.9 Å². The van der Waals surface area contributed by atoms with E-state index in [0.717, 1.165) is 31.4 Å². The molecule has 0 radical (unpaired) electrons. The number of aromatic nitrogens is 4. The number of hydrogen-bond acceptors (Lipinski definition) is 6. The maximum absolute atomic E-state index is 12.2. The zero-order valence-corrected chi connectivity index (χ0v) is 12.2. The van der Waals surface area contributed by atoms with Gasteiger partial charge in [0.1, 0.15) is 0 Å².